The van der Waals surface area contributed by atoms with Crippen LogP contribution in [-0.4, -0.2) is 9.85 Å². The monoisotopic (exact) mass is 584 g/mol. The van der Waals surface area contributed by atoms with Gasteiger partial charge in [0.25, 0.3) is 11.4 Å². The third-order valence-electron chi connectivity index (χ3n) is 5.68. The zero-order valence-corrected chi connectivity index (χ0v) is 22.3. The van der Waals surface area contributed by atoms with Gasteiger partial charge in [-0.15, -0.1) is 5.73 Å². The van der Waals surface area contributed by atoms with Crippen LogP contribution in [0.2, 0.25) is 20.1 Å². The Morgan fingerprint density at radius 2 is 1.34 bits per heavy atom. The lowest BCUT2D eigenvalue weighted by molar-refractivity contribution is -0.385. The van der Waals surface area contributed by atoms with Gasteiger partial charge in [0.15, 0.2) is 0 Å². The minimum absolute atomic E-state index is 0.0883. The lowest BCUT2D eigenvalue weighted by atomic mass is 9.89. The lowest BCUT2D eigenvalue weighted by Gasteiger charge is -2.16. The number of non-ortho nitro benzene ring substituents is 2. The molecular weight excluding hydrogens is 570 g/mol. The molecule has 10 heteroatoms. The summed E-state index contributed by atoms with van der Waals surface area (Å²) in [5.41, 5.74) is 5.73. The summed E-state index contributed by atoms with van der Waals surface area (Å²) in [6.45, 7) is 0. The van der Waals surface area contributed by atoms with E-state index < -0.39 is 15.8 Å². The molecule has 0 amide bonds. The molecule has 6 nitrogen and oxygen atoms in total. The molecule has 0 aliphatic carbocycles. The maximum Gasteiger partial charge on any atom is 0.270 e. The Morgan fingerprint density at radius 1 is 0.737 bits per heavy atom. The van der Waals surface area contributed by atoms with Gasteiger partial charge in [-0.1, -0.05) is 82.8 Å². The maximum absolute atomic E-state index is 11.5. The van der Waals surface area contributed by atoms with E-state index in [4.69, 9.17) is 46.4 Å². The van der Waals surface area contributed by atoms with Crippen molar-refractivity contribution in [3.8, 4) is 0 Å². The number of nitro groups is 2. The zero-order chi connectivity index (χ0) is 27.4. The van der Waals surface area contributed by atoms with Crippen molar-refractivity contribution in [3.05, 3.63) is 159 Å². The van der Waals surface area contributed by atoms with E-state index in [1.807, 2.05) is 0 Å². The summed E-state index contributed by atoms with van der Waals surface area (Å²) in [4.78, 5) is 21.9. The molecule has 0 saturated carbocycles. The van der Waals surface area contributed by atoms with Gasteiger partial charge in [-0.25, -0.2) is 0 Å². The molecule has 4 aromatic carbocycles. The molecule has 0 bridgehead atoms. The highest BCUT2D eigenvalue weighted by atomic mass is 35.5. The molecule has 0 N–H and O–H groups in total. The third kappa shape index (κ3) is 6.25. The Kier molecular flexibility index (Phi) is 8.52. The van der Waals surface area contributed by atoms with E-state index in [9.17, 15) is 20.2 Å². The Labute approximate surface area is 237 Å². The Balaban J connectivity index is 2.00. The van der Waals surface area contributed by atoms with Crippen LogP contribution in [0.25, 0.3) is 5.57 Å². The number of rotatable bonds is 7. The summed E-state index contributed by atoms with van der Waals surface area (Å²) < 4.78 is 0. The molecule has 0 aliphatic heterocycles. The van der Waals surface area contributed by atoms with Gasteiger partial charge in [0.05, 0.1) is 14.9 Å². The van der Waals surface area contributed by atoms with E-state index in [2.05, 4.69) is 5.73 Å². The van der Waals surface area contributed by atoms with E-state index in [1.165, 1.54) is 24.3 Å². The smallest absolute Gasteiger partial charge is 0.258 e. The summed E-state index contributed by atoms with van der Waals surface area (Å²) in [5, 5.41) is 24.4. The van der Waals surface area contributed by atoms with Crippen molar-refractivity contribution in [2.24, 2.45) is 0 Å². The van der Waals surface area contributed by atoms with E-state index in [-0.39, 0.29) is 11.4 Å². The summed E-state index contributed by atoms with van der Waals surface area (Å²) in [7, 11) is 0. The molecule has 0 aliphatic rings. The first kappa shape index (κ1) is 27.4. The highest BCUT2D eigenvalue weighted by molar-refractivity contribution is 6.36. The molecule has 4 rings (SSSR count). The predicted molar refractivity (Wildman–Crippen MR) is 152 cm³/mol. The molecule has 0 fully saturated rings. The fourth-order valence-electron chi connectivity index (χ4n) is 3.90. The topological polar surface area (TPSA) is 86.3 Å². The van der Waals surface area contributed by atoms with Crippen LogP contribution >= 0.6 is 46.4 Å². The molecule has 1 atom stereocenters. The molecule has 0 radical (unpaired) electrons. The first-order chi connectivity index (χ1) is 18.1. The quantitative estimate of drug-likeness (QED) is 0.123. The fourth-order valence-corrected chi connectivity index (χ4v) is 4.93. The average molecular weight is 586 g/mol. The van der Waals surface area contributed by atoms with Crippen molar-refractivity contribution < 1.29 is 9.85 Å². The number of benzene rings is 4. The zero-order valence-electron chi connectivity index (χ0n) is 19.3. The van der Waals surface area contributed by atoms with Crippen LogP contribution in [0, 0.1) is 20.2 Å². The number of halogens is 4. The summed E-state index contributed by atoms with van der Waals surface area (Å²) in [6, 6.07) is 22.1. The molecule has 0 spiro atoms. The van der Waals surface area contributed by atoms with Gasteiger partial charge < -0.3 is 0 Å². The average Bonchev–Trinajstić information content (AvgIpc) is 2.88. The number of nitro benzene ring substituents is 2. The van der Waals surface area contributed by atoms with Gasteiger partial charge in [0, 0.05) is 56.4 Å². The standard InChI is InChI=1S/C28H16Cl4N2O4/c29-19-7-9-25(27(31)15-19)23(17-3-1-5-21(13-17)33(35)36)11-12-24(26-10-8-20(30)16-28(26)32)18-4-2-6-22(14-18)34(37)38/h1-11,13-16,23H. The minimum Gasteiger partial charge on any atom is -0.258 e. The second-order valence-corrected chi connectivity index (χ2v) is 9.80. The van der Waals surface area contributed by atoms with Gasteiger partial charge in [0.1, 0.15) is 0 Å². The Hall–Kier alpha value is -3.64. The van der Waals surface area contributed by atoms with Crippen LogP contribution in [0.4, 0.5) is 11.4 Å². The second kappa shape index (κ2) is 11.8. The van der Waals surface area contributed by atoms with Gasteiger partial charge in [-0.05, 0) is 47.0 Å². The third-order valence-corrected chi connectivity index (χ3v) is 6.79. The van der Waals surface area contributed by atoms with Crippen molar-refractivity contribution in [3.63, 3.8) is 0 Å². The largest absolute Gasteiger partial charge is 0.270 e. The summed E-state index contributed by atoms with van der Waals surface area (Å²) in [5.74, 6) is -0.584. The Morgan fingerprint density at radius 3 is 1.97 bits per heavy atom. The first-order valence-corrected chi connectivity index (χ1v) is 12.5. The summed E-state index contributed by atoms with van der Waals surface area (Å²) in [6.07, 6.45) is 1.69. The molecular formula is C28H16Cl4N2O4. The van der Waals surface area contributed by atoms with Gasteiger partial charge in [-0.3, -0.25) is 20.2 Å². The normalized spacial score (nSPS) is 11.4. The second-order valence-electron chi connectivity index (χ2n) is 8.11. The van der Waals surface area contributed by atoms with Gasteiger partial charge in [-0.2, -0.15) is 0 Å². The van der Waals surface area contributed by atoms with E-state index >= 15 is 0 Å². The van der Waals surface area contributed by atoms with Crippen molar-refractivity contribution in [1.82, 2.24) is 0 Å². The minimum atomic E-state index is -0.584. The van der Waals surface area contributed by atoms with Crippen LogP contribution in [0.15, 0.2) is 96.7 Å². The highest BCUT2D eigenvalue weighted by Crippen LogP contribution is 2.36. The van der Waals surface area contributed by atoms with E-state index in [0.29, 0.717) is 47.9 Å². The predicted octanol–water partition coefficient (Wildman–Crippen LogP) is 9.54. The van der Waals surface area contributed by atoms with Crippen LogP contribution < -0.4 is 0 Å². The van der Waals surface area contributed by atoms with Gasteiger partial charge >= 0.3 is 0 Å². The molecule has 38 heavy (non-hydrogen) atoms. The Bertz CT molecular complexity index is 1630. The fraction of sp³-hybridized carbons (Fsp3) is 0.0357. The number of hydrogen-bond acceptors (Lipinski definition) is 4. The van der Waals surface area contributed by atoms with Gasteiger partial charge in [0.2, 0.25) is 0 Å². The van der Waals surface area contributed by atoms with Crippen molar-refractivity contribution in [1.29, 1.82) is 0 Å². The summed E-state index contributed by atoms with van der Waals surface area (Å²) >= 11 is 25.3. The maximum atomic E-state index is 11.5. The number of allylic oxidation sites excluding steroid dienone is 1. The molecule has 190 valence electrons. The van der Waals surface area contributed by atoms with Crippen molar-refractivity contribution in [2.45, 2.75) is 5.92 Å². The highest BCUT2D eigenvalue weighted by Gasteiger charge is 2.19. The van der Waals surface area contributed by atoms with Crippen molar-refractivity contribution >= 4 is 63.4 Å². The SMILES string of the molecule is O=[N+]([O-])c1cccc(C(=C=CC(c2cccc([N+](=O)[O-])c2)c2ccc(Cl)cc2Cl)c2ccc(Cl)cc2Cl)c1. The molecule has 1 unspecified atom stereocenters. The van der Waals surface area contributed by atoms with E-state index in [0.717, 1.165) is 0 Å². The molecule has 4 aromatic rings. The molecule has 0 aromatic heterocycles. The van der Waals surface area contributed by atoms with Crippen LogP contribution in [0.3, 0.4) is 0 Å². The lowest BCUT2D eigenvalue weighted by Crippen LogP contribution is -2.00. The number of hydrogen-bond donors (Lipinski definition) is 0. The van der Waals surface area contributed by atoms with Crippen LogP contribution in [0.5, 0.6) is 0 Å². The first-order valence-electron chi connectivity index (χ1n) is 11.0. The number of nitrogens with zero attached hydrogens (tertiary/aromatic N) is 2. The van der Waals surface area contributed by atoms with E-state index in [1.54, 1.807) is 66.7 Å². The molecule has 0 saturated heterocycles. The van der Waals surface area contributed by atoms with Crippen LogP contribution in [0.1, 0.15) is 28.2 Å². The van der Waals surface area contributed by atoms with Crippen LogP contribution in [-0.2, 0) is 0 Å². The van der Waals surface area contributed by atoms with Crippen molar-refractivity contribution in [2.75, 3.05) is 0 Å². The molecule has 0 heterocycles.